The third-order valence-electron chi connectivity index (χ3n) is 2.21. The van der Waals surface area contributed by atoms with E-state index in [0.29, 0.717) is 16.2 Å². The van der Waals surface area contributed by atoms with Crippen molar-refractivity contribution in [3.63, 3.8) is 0 Å². The minimum atomic E-state index is -0.00702. The van der Waals surface area contributed by atoms with Crippen molar-refractivity contribution in [2.45, 2.75) is 9.79 Å². The first-order chi connectivity index (χ1) is 8.22. The van der Waals surface area contributed by atoms with Crippen LogP contribution in [0.15, 0.2) is 52.3 Å². The third-order valence-corrected chi connectivity index (χ3v) is 3.78. The van der Waals surface area contributed by atoms with Crippen LogP contribution >= 0.6 is 23.4 Å². The molecule has 0 fully saturated rings. The van der Waals surface area contributed by atoms with Gasteiger partial charge in [-0.1, -0.05) is 41.6 Å². The highest BCUT2D eigenvalue weighted by atomic mass is 35.5. The number of aromatic hydroxyl groups is 1. The Morgan fingerprint density at radius 1 is 1.06 bits per heavy atom. The van der Waals surface area contributed by atoms with Crippen molar-refractivity contribution in [2.75, 3.05) is 0 Å². The Kier molecular flexibility index (Phi) is 3.71. The number of benzene rings is 2. The molecule has 2 aromatic rings. The van der Waals surface area contributed by atoms with E-state index in [9.17, 15) is 9.90 Å². The van der Waals surface area contributed by atoms with Crippen molar-refractivity contribution in [1.82, 2.24) is 0 Å². The Bertz CT molecular complexity index is 555. The van der Waals surface area contributed by atoms with Crippen LogP contribution in [-0.4, -0.2) is 11.4 Å². The molecule has 0 saturated heterocycles. The summed E-state index contributed by atoms with van der Waals surface area (Å²) in [6.45, 7) is 0. The minimum Gasteiger partial charge on any atom is -0.506 e. The summed E-state index contributed by atoms with van der Waals surface area (Å²) in [5.74, 6) is -0.00702. The van der Waals surface area contributed by atoms with Crippen LogP contribution in [-0.2, 0) is 0 Å². The SMILES string of the molecule is O=Cc1cccc(Sc2ccccc2Cl)c1O. The molecular formula is C13H9ClO2S. The summed E-state index contributed by atoms with van der Waals surface area (Å²) in [4.78, 5) is 12.2. The van der Waals surface area contributed by atoms with Gasteiger partial charge in [0, 0.05) is 4.90 Å². The molecule has 0 aliphatic heterocycles. The maximum atomic E-state index is 10.7. The molecule has 0 amide bonds. The molecule has 0 aromatic heterocycles. The van der Waals surface area contributed by atoms with Crippen molar-refractivity contribution < 1.29 is 9.90 Å². The van der Waals surface area contributed by atoms with Crippen LogP contribution in [0.4, 0.5) is 0 Å². The fraction of sp³-hybridized carbons (Fsp3) is 0. The number of halogens is 1. The second kappa shape index (κ2) is 5.25. The van der Waals surface area contributed by atoms with Crippen molar-refractivity contribution >= 4 is 29.6 Å². The fourth-order valence-corrected chi connectivity index (χ4v) is 2.52. The van der Waals surface area contributed by atoms with E-state index in [1.165, 1.54) is 11.8 Å². The molecule has 0 spiro atoms. The van der Waals surface area contributed by atoms with Crippen LogP contribution in [0.5, 0.6) is 5.75 Å². The molecule has 0 atom stereocenters. The van der Waals surface area contributed by atoms with Crippen LogP contribution in [0.2, 0.25) is 5.02 Å². The summed E-state index contributed by atoms with van der Waals surface area (Å²) >= 11 is 7.36. The smallest absolute Gasteiger partial charge is 0.153 e. The lowest BCUT2D eigenvalue weighted by Crippen LogP contribution is -1.83. The highest BCUT2D eigenvalue weighted by Gasteiger charge is 2.09. The molecule has 0 radical (unpaired) electrons. The van der Waals surface area contributed by atoms with Crippen molar-refractivity contribution in [1.29, 1.82) is 0 Å². The zero-order chi connectivity index (χ0) is 12.3. The number of phenolic OH excluding ortho intramolecular Hbond substituents is 1. The van der Waals surface area contributed by atoms with Gasteiger partial charge in [0.25, 0.3) is 0 Å². The van der Waals surface area contributed by atoms with E-state index in [1.54, 1.807) is 24.3 Å². The van der Waals surface area contributed by atoms with Gasteiger partial charge in [0.1, 0.15) is 5.75 Å². The maximum Gasteiger partial charge on any atom is 0.153 e. The second-order valence-electron chi connectivity index (χ2n) is 3.34. The molecule has 0 heterocycles. The van der Waals surface area contributed by atoms with Crippen LogP contribution in [0.25, 0.3) is 0 Å². The zero-order valence-corrected chi connectivity index (χ0v) is 10.3. The Balaban J connectivity index is 2.37. The van der Waals surface area contributed by atoms with Crippen LogP contribution in [0, 0.1) is 0 Å². The van der Waals surface area contributed by atoms with Gasteiger partial charge in [0.05, 0.1) is 15.5 Å². The first-order valence-electron chi connectivity index (χ1n) is 4.92. The number of hydrogen-bond donors (Lipinski definition) is 1. The summed E-state index contributed by atoms with van der Waals surface area (Å²) in [5, 5.41) is 10.5. The average Bonchev–Trinajstić information content (AvgIpc) is 2.34. The third kappa shape index (κ3) is 2.62. The Hall–Kier alpha value is -1.45. The lowest BCUT2D eigenvalue weighted by molar-refractivity contribution is 0.112. The molecule has 0 saturated carbocycles. The van der Waals surface area contributed by atoms with E-state index in [1.807, 2.05) is 18.2 Å². The van der Waals surface area contributed by atoms with Gasteiger partial charge in [-0.15, -0.1) is 0 Å². The van der Waals surface area contributed by atoms with Gasteiger partial charge in [-0.2, -0.15) is 0 Å². The van der Waals surface area contributed by atoms with E-state index in [0.717, 1.165) is 4.90 Å². The lowest BCUT2D eigenvalue weighted by Gasteiger charge is -2.07. The van der Waals surface area contributed by atoms with Crippen LogP contribution < -0.4 is 0 Å². The van der Waals surface area contributed by atoms with E-state index >= 15 is 0 Å². The molecule has 4 heteroatoms. The van der Waals surface area contributed by atoms with Crippen molar-refractivity contribution in [3.8, 4) is 5.75 Å². The number of aldehydes is 1. The average molecular weight is 265 g/mol. The Morgan fingerprint density at radius 2 is 1.76 bits per heavy atom. The van der Waals surface area contributed by atoms with Crippen LogP contribution in [0.3, 0.4) is 0 Å². The van der Waals surface area contributed by atoms with Gasteiger partial charge < -0.3 is 5.11 Å². The predicted molar refractivity (Wildman–Crippen MR) is 69.1 cm³/mol. The Labute approximate surface area is 108 Å². The molecule has 1 N–H and O–H groups in total. The minimum absolute atomic E-state index is 0.00702. The Morgan fingerprint density at radius 3 is 2.47 bits per heavy atom. The quantitative estimate of drug-likeness (QED) is 0.851. The molecular weight excluding hydrogens is 256 g/mol. The van der Waals surface area contributed by atoms with Crippen molar-refractivity contribution in [3.05, 3.63) is 53.1 Å². The number of carbonyl (C=O) groups excluding carboxylic acids is 1. The summed E-state index contributed by atoms with van der Waals surface area (Å²) in [6.07, 6.45) is 0.631. The number of hydrogen-bond acceptors (Lipinski definition) is 3. The summed E-state index contributed by atoms with van der Waals surface area (Å²) < 4.78 is 0. The fourth-order valence-electron chi connectivity index (χ4n) is 1.36. The highest BCUT2D eigenvalue weighted by Crippen LogP contribution is 2.38. The van der Waals surface area contributed by atoms with Gasteiger partial charge in [-0.3, -0.25) is 4.79 Å². The molecule has 0 unspecified atom stereocenters. The predicted octanol–water partition coefficient (Wildman–Crippen LogP) is 4.01. The van der Waals surface area contributed by atoms with E-state index in [-0.39, 0.29) is 11.3 Å². The van der Waals surface area contributed by atoms with Gasteiger partial charge in [0.2, 0.25) is 0 Å². The number of phenols is 1. The molecule has 2 nitrogen and oxygen atoms in total. The first-order valence-corrected chi connectivity index (χ1v) is 6.11. The molecule has 2 aromatic carbocycles. The standard InChI is InChI=1S/C13H9ClO2S/c14-10-5-1-2-6-11(10)17-12-7-3-4-9(8-15)13(12)16/h1-8,16H. The summed E-state index contributed by atoms with van der Waals surface area (Å²) in [7, 11) is 0. The maximum absolute atomic E-state index is 10.7. The zero-order valence-electron chi connectivity index (χ0n) is 8.76. The first kappa shape index (κ1) is 12.0. The summed E-state index contributed by atoms with van der Waals surface area (Å²) in [6, 6.07) is 12.4. The number of carbonyl (C=O) groups is 1. The molecule has 0 bridgehead atoms. The normalized spacial score (nSPS) is 10.2. The lowest BCUT2D eigenvalue weighted by atomic mass is 10.2. The van der Waals surface area contributed by atoms with E-state index in [2.05, 4.69) is 0 Å². The molecule has 86 valence electrons. The van der Waals surface area contributed by atoms with Gasteiger partial charge in [-0.05, 0) is 24.3 Å². The van der Waals surface area contributed by atoms with Gasteiger partial charge in [0.15, 0.2) is 6.29 Å². The largest absolute Gasteiger partial charge is 0.506 e. The molecule has 0 aliphatic rings. The second-order valence-corrected chi connectivity index (χ2v) is 4.84. The van der Waals surface area contributed by atoms with E-state index < -0.39 is 0 Å². The van der Waals surface area contributed by atoms with E-state index in [4.69, 9.17) is 11.6 Å². The monoisotopic (exact) mass is 264 g/mol. The molecule has 0 aliphatic carbocycles. The van der Waals surface area contributed by atoms with Gasteiger partial charge in [-0.25, -0.2) is 0 Å². The topological polar surface area (TPSA) is 37.3 Å². The number of rotatable bonds is 3. The van der Waals surface area contributed by atoms with Crippen molar-refractivity contribution in [2.24, 2.45) is 0 Å². The highest BCUT2D eigenvalue weighted by molar-refractivity contribution is 7.99. The van der Waals surface area contributed by atoms with Crippen LogP contribution in [0.1, 0.15) is 10.4 Å². The number of para-hydroxylation sites is 1. The molecule has 17 heavy (non-hydrogen) atoms. The molecule has 2 rings (SSSR count). The van der Waals surface area contributed by atoms with Gasteiger partial charge >= 0.3 is 0 Å². The summed E-state index contributed by atoms with van der Waals surface area (Å²) in [5.41, 5.74) is 0.280.